The van der Waals surface area contributed by atoms with Crippen LogP contribution in [0.3, 0.4) is 0 Å². The van der Waals surface area contributed by atoms with Gasteiger partial charge in [-0.25, -0.2) is 9.78 Å². The lowest BCUT2D eigenvalue weighted by Crippen LogP contribution is -2.24. The molecule has 3 heterocycles. The number of fused-ring (bicyclic) bond motifs is 3. The summed E-state index contributed by atoms with van der Waals surface area (Å²) in [6, 6.07) is 5.87. The SMILES string of the molecule is CCOC(=O)c1ncn2c1[C@H](C)N=C(C1=CC=CCN1)c1cc(C#C[Si](C)(C)C)ccc1-2. The Labute approximate surface area is 190 Å². The van der Waals surface area contributed by atoms with Gasteiger partial charge in [-0.15, -0.1) is 5.54 Å². The second kappa shape index (κ2) is 8.64. The first kappa shape index (κ1) is 21.8. The lowest BCUT2D eigenvalue weighted by molar-refractivity contribution is 0.0518. The highest BCUT2D eigenvalue weighted by molar-refractivity contribution is 6.83. The molecule has 0 saturated heterocycles. The van der Waals surface area contributed by atoms with E-state index in [-0.39, 0.29) is 6.04 Å². The number of ether oxygens (including phenoxy) is 1. The Morgan fingerprint density at radius 1 is 1.34 bits per heavy atom. The number of hydrogen-bond acceptors (Lipinski definition) is 5. The fourth-order valence-corrected chi connectivity index (χ4v) is 4.26. The van der Waals surface area contributed by atoms with E-state index in [9.17, 15) is 4.79 Å². The molecule has 0 unspecified atom stereocenters. The van der Waals surface area contributed by atoms with E-state index >= 15 is 0 Å². The van der Waals surface area contributed by atoms with Crippen molar-refractivity contribution in [3.8, 4) is 17.2 Å². The van der Waals surface area contributed by atoms with Gasteiger partial charge in [0.15, 0.2) is 5.69 Å². The van der Waals surface area contributed by atoms with Crippen molar-refractivity contribution in [1.29, 1.82) is 0 Å². The Morgan fingerprint density at radius 2 is 2.16 bits per heavy atom. The Balaban J connectivity index is 1.93. The number of aromatic nitrogens is 2. The molecule has 6 nitrogen and oxygen atoms in total. The van der Waals surface area contributed by atoms with Crippen molar-refractivity contribution in [2.24, 2.45) is 4.99 Å². The molecule has 32 heavy (non-hydrogen) atoms. The Kier molecular flexibility index (Phi) is 5.89. The molecule has 1 N–H and O–H groups in total. The van der Waals surface area contributed by atoms with Crippen LogP contribution in [0.15, 0.2) is 53.4 Å². The number of esters is 1. The number of nitrogens with one attached hydrogen (secondary N) is 1. The zero-order valence-electron chi connectivity index (χ0n) is 19.2. The van der Waals surface area contributed by atoms with Crippen molar-refractivity contribution >= 4 is 19.8 Å². The van der Waals surface area contributed by atoms with Gasteiger partial charge < -0.3 is 10.1 Å². The number of rotatable bonds is 3. The fourth-order valence-electron chi connectivity index (χ4n) is 3.74. The molecular weight excluding hydrogens is 416 g/mol. The number of carbonyl (C=O) groups is 1. The first-order valence-corrected chi connectivity index (χ1v) is 14.4. The van der Waals surface area contributed by atoms with Crippen LogP contribution in [-0.4, -0.2) is 42.5 Å². The molecule has 2 aliphatic heterocycles. The molecule has 2 aromatic rings. The number of allylic oxidation sites excluding steroid dienone is 3. The van der Waals surface area contributed by atoms with Gasteiger partial charge in [0, 0.05) is 17.7 Å². The predicted molar refractivity (Wildman–Crippen MR) is 130 cm³/mol. The van der Waals surface area contributed by atoms with Crippen LogP contribution >= 0.6 is 0 Å². The third-order valence-corrected chi connectivity index (χ3v) is 6.02. The fraction of sp³-hybridized carbons (Fsp3) is 0.320. The number of imidazole rings is 1. The maximum absolute atomic E-state index is 12.6. The van der Waals surface area contributed by atoms with Crippen LogP contribution in [0.25, 0.3) is 5.69 Å². The van der Waals surface area contributed by atoms with E-state index in [0.29, 0.717) is 12.3 Å². The number of nitrogens with zero attached hydrogens (tertiary/aromatic N) is 3. The molecule has 2 aliphatic rings. The normalized spacial score (nSPS) is 17.0. The van der Waals surface area contributed by atoms with Gasteiger partial charge in [0.2, 0.25) is 0 Å². The molecule has 0 fully saturated rings. The van der Waals surface area contributed by atoms with Crippen LogP contribution in [0, 0.1) is 11.5 Å². The molecule has 164 valence electrons. The monoisotopic (exact) mass is 444 g/mol. The van der Waals surface area contributed by atoms with E-state index in [1.165, 1.54) is 0 Å². The van der Waals surface area contributed by atoms with E-state index in [0.717, 1.165) is 40.5 Å². The third-order valence-electron chi connectivity index (χ3n) is 5.15. The van der Waals surface area contributed by atoms with Gasteiger partial charge in [-0.1, -0.05) is 37.7 Å². The van der Waals surface area contributed by atoms with Crippen molar-refractivity contribution in [2.45, 2.75) is 39.5 Å². The summed E-state index contributed by atoms with van der Waals surface area (Å²) < 4.78 is 7.20. The second-order valence-corrected chi connectivity index (χ2v) is 13.6. The summed E-state index contributed by atoms with van der Waals surface area (Å²) in [7, 11) is -1.51. The molecule has 7 heteroatoms. The van der Waals surface area contributed by atoms with Crippen LogP contribution in [0.5, 0.6) is 0 Å². The lowest BCUT2D eigenvalue weighted by atomic mass is 10.0. The molecule has 0 amide bonds. The zero-order chi connectivity index (χ0) is 22.9. The zero-order valence-corrected chi connectivity index (χ0v) is 20.2. The van der Waals surface area contributed by atoms with Gasteiger partial charge in [0.25, 0.3) is 0 Å². The summed E-state index contributed by atoms with van der Waals surface area (Å²) in [6.07, 6.45) is 7.81. The van der Waals surface area contributed by atoms with Crippen molar-refractivity contribution in [3.05, 3.63) is 71.0 Å². The van der Waals surface area contributed by atoms with Crippen LogP contribution in [0.2, 0.25) is 19.6 Å². The molecule has 0 bridgehead atoms. The number of benzene rings is 1. The van der Waals surface area contributed by atoms with Gasteiger partial charge in [-0.2, -0.15) is 0 Å². The van der Waals surface area contributed by atoms with Crippen LogP contribution in [-0.2, 0) is 4.74 Å². The van der Waals surface area contributed by atoms with Crippen molar-refractivity contribution in [3.63, 3.8) is 0 Å². The summed E-state index contributed by atoms with van der Waals surface area (Å²) in [4.78, 5) is 22.0. The topological polar surface area (TPSA) is 68.5 Å². The minimum absolute atomic E-state index is 0.288. The highest BCUT2D eigenvalue weighted by atomic mass is 28.3. The molecule has 1 aromatic heterocycles. The minimum atomic E-state index is -1.51. The van der Waals surface area contributed by atoms with E-state index in [4.69, 9.17) is 9.73 Å². The standard InChI is InChI=1S/C25H28N4O2Si/c1-6-31-25(30)23-24-17(2)28-22(20-9-7-8-13-26-20)19-15-18(12-14-32(3,4)5)10-11-21(19)29(24)16-27-23/h7-11,15-17,26H,6,13H2,1-5H3/t17-/m0/s1. The minimum Gasteiger partial charge on any atom is -0.461 e. The van der Waals surface area contributed by atoms with Gasteiger partial charge in [0.1, 0.15) is 14.4 Å². The number of dihydropyridines is 1. The van der Waals surface area contributed by atoms with Gasteiger partial charge in [-0.05, 0) is 38.1 Å². The van der Waals surface area contributed by atoms with Crippen molar-refractivity contribution in [1.82, 2.24) is 14.9 Å². The van der Waals surface area contributed by atoms with E-state index < -0.39 is 14.0 Å². The molecular formula is C25H28N4O2Si. The second-order valence-electron chi connectivity index (χ2n) is 8.84. The smallest absolute Gasteiger partial charge is 0.358 e. The molecule has 0 aliphatic carbocycles. The maximum Gasteiger partial charge on any atom is 0.358 e. The predicted octanol–water partition coefficient (Wildman–Crippen LogP) is 4.18. The van der Waals surface area contributed by atoms with Gasteiger partial charge in [-0.3, -0.25) is 9.56 Å². The summed E-state index contributed by atoms with van der Waals surface area (Å²) in [5, 5.41) is 3.43. The van der Waals surface area contributed by atoms with E-state index in [1.807, 2.05) is 35.8 Å². The summed E-state index contributed by atoms with van der Waals surface area (Å²) in [5.41, 5.74) is 9.11. The Morgan fingerprint density at radius 3 is 2.84 bits per heavy atom. The highest BCUT2D eigenvalue weighted by Crippen LogP contribution is 2.33. The Hall–Kier alpha value is -3.37. The number of hydrogen-bond donors (Lipinski definition) is 1. The molecule has 4 rings (SSSR count). The molecule has 0 spiro atoms. The molecule has 0 saturated carbocycles. The van der Waals surface area contributed by atoms with Gasteiger partial charge >= 0.3 is 5.97 Å². The average molecular weight is 445 g/mol. The first-order valence-electron chi connectivity index (χ1n) is 10.9. The highest BCUT2D eigenvalue weighted by Gasteiger charge is 2.30. The largest absolute Gasteiger partial charge is 0.461 e. The Bertz CT molecular complexity index is 1220. The number of carbonyl (C=O) groups excluding carboxylic acids is 1. The van der Waals surface area contributed by atoms with Crippen molar-refractivity contribution in [2.75, 3.05) is 13.2 Å². The van der Waals surface area contributed by atoms with Crippen LogP contribution < -0.4 is 5.32 Å². The van der Waals surface area contributed by atoms with Gasteiger partial charge in [0.05, 0.1) is 35.4 Å². The van der Waals surface area contributed by atoms with Crippen LogP contribution in [0.1, 0.15) is 47.2 Å². The van der Waals surface area contributed by atoms with Crippen molar-refractivity contribution < 1.29 is 9.53 Å². The molecule has 0 radical (unpaired) electrons. The number of aliphatic imine (C=N–C) groups is 1. The first-order chi connectivity index (χ1) is 15.3. The summed E-state index contributed by atoms with van der Waals surface area (Å²) in [5.74, 6) is 2.93. The summed E-state index contributed by atoms with van der Waals surface area (Å²) >= 11 is 0. The quantitative estimate of drug-likeness (QED) is 0.438. The van der Waals surface area contributed by atoms with E-state index in [2.05, 4.69) is 53.5 Å². The summed E-state index contributed by atoms with van der Waals surface area (Å²) in [6.45, 7) is 11.5. The molecule has 1 aromatic carbocycles. The van der Waals surface area contributed by atoms with Crippen LogP contribution in [0.4, 0.5) is 0 Å². The third kappa shape index (κ3) is 4.32. The van der Waals surface area contributed by atoms with E-state index in [1.54, 1.807) is 13.3 Å². The maximum atomic E-state index is 12.6. The lowest BCUT2D eigenvalue weighted by Gasteiger charge is -2.17. The molecule has 1 atom stereocenters. The average Bonchev–Trinajstić information content (AvgIpc) is 3.17.